The minimum atomic E-state index is 0.751. The van der Waals surface area contributed by atoms with Gasteiger partial charge in [0.2, 0.25) is 0 Å². The van der Waals surface area contributed by atoms with Crippen LogP contribution in [0, 0.1) is 0 Å². The molecule has 0 aromatic carbocycles. The maximum absolute atomic E-state index is 3.70. The van der Waals surface area contributed by atoms with Gasteiger partial charge in [-0.05, 0) is 45.7 Å². The monoisotopic (exact) mass is 182 g/mol. The molecular weight excluding hydrogens is 160 g/mol. The molecule has 2 unspecified atom stereocenters. The molecular formula is C11H22N2. The van der Waals surface area contributed by atoms with Gasteiger partial charge in [-0.25, -0.2) is 0 Å². The highest BCUT2D eigenvalue weighted by Gasteiger charge is 2.21. The van der Waals surface area contributed by atoms with E-state index in [1.165, 1.54) is 51.7 Å². The van der Waals surface area contributed by atoms with Crippen molar-refractivity contribution in [1.82, 2.24) is 10.2 Å². The van der Waals surface area contributed by atoms with Crippen LogP contribution >= 0.6 is 0 Å². The fraction of sp³-hybridized carbons (Fsp3) is 1.00. The van der Waals surface area contributed by atoms with E-state index in [0.717, 1.165) is 12.1 Å². The van der Waals surface area contributed by atoms with Gasteiger partial charge in [0.15, 0.2) is 0 Å². The molecule has 0 saturated carbocycles. The third-order valence-electron chi connectivity index (χ3n) is 3.39. The number of likely N-dealkylation sites (tertiary alicyclic amines) is 1. The van der Waals surface area contributed by atoms with Crippen molar-refractivity contribution in [3.05, 3.63) is 0 Å². The van der Waals surface area contributed by atoms with E-state index in [1.807, 2.05) is 0 Å². The average molecular weight is 182 g/mol. The summed E-state index contributed by atoms with van der Waals surface area (Å²) in [5.74, 6) is 0. The van der Waals surface area contributed by atoms with Gasteiger partial charge in [-0.2, -0.15) is 0 Å². The SMILES string of the molecule is CC1CCCC(CN2CCCC2)N1. The topological polar surface area (TPSA) is 15.3 Å². The summed E-state index contributed by atoms with van der Waals surface area (Å²) >= 11 is 0. The Balaban J connectivity index is 1.73. The third kappa shape index (κ3) is 2.68. The summed E-state index contributed by atoms with van der Waals surface area (Å²) in [5.41, 5.74) is 0. The Morgan fingerprint density at radius 2 is 1.92 bits per heavy atom. The van der Waals surface area contributed by atoms with Crippen LogP contribution in [0.25, 0.3) is 0 Å². The second kappa shape index (κ2) is 4.43. The Hall–Kier alpha value is -0.0800. The lowest BCUT2D eigenvalue weighted by atomic mass is 9.99. The van der Waals surface area contributed by atoms with Gasteiger partial charge in [0.05, 0.1) is 0 Å². The normalized spacial score (nSPS) is 36.7. The summed E-state index contributed by atoms with van der Waals surface area (Å²) in [4.78, 5) is 2.62. The van der Waals surface area contributed by atoms with Crippen molar-refractivity contribution in [3.8, 4) is 0 Å². The number of piperidine rings is 1. The third-order valence-corrected chi connectivity index (χ3v) is 3.39. The van der Waals surface area contributed by atoms with Crippen LogP contribution < -0.4 is 5.32 Å². The number of rotatable bonds is 2. The Morgan fingerprint density at radius 1 is 1.15 bits per heavy atom. The van der Waals surface area contributed by atoms with Crippen molar-refractivity contribution >= 4 is 0 Å². The van der Waals surface area contributed by atoms with E-state index in [2.05, 4.69) is 17.1 Å². The van der Waals surface area contributed by atoms with Gasteiger partial charge in [0, 0.05) is 18.6 Å². The molecule has 2 atom stereocenters. The zero-order valence-corrected chi connectivity index (χ0v) is 8.76. The van der Waals surface area contributed by atoms with Crippen LogP contribution in [0.2, 0.25) is 0 Å². The molecule has 0 bridgehead atoms. The predicted molar refractivity (Wildman–Crippen MR) is 55.9 cm³/mol. The largest absolute Gasteiger partial charge is 0.310 e. The summed E-state index contributed by atoms with van der Waals surface area (Å²) in [7, 11) is 0. The van der Waals surface area contributed by atoms with Gasteiger partial charge in [-0.15, -0.1) is 0 Å². The molecule has 76 valence electrons. The van der Waals surface area contributed by atoms with Crippen molar-refractivity contribution in [2.75, 3.05) is 19.6 Å². The molecule has 0 aromatic rings. The molecule has 2 nitrogen and oxygen atoms in total. The van der Waals surface area contributed by atoms with Crippen molar-refractivity contribution < 1.29 is 0 Å². The molecule has 0 aliphatic carbocycles. The zero-order valence-electron chi connectivity index (χ0n) is 8.76. The highest BCUT2D eigenvalue weighted by molar-refractivity contribution is 4.81. The molecule has 13 heavy (non-hydrogen) atoms. The van der Waals surface area contributed by atoms with Crippen molar-refractivity contribution in [2.24, 2.45) is 0 Å². The smallest absolute Gasteiger partial charge is 0.0197 e. The molecule has 2 aliphatic heterocycles. The molecule has 2 heterocycles. The summed E-state index contributed by atoms with van der Waals surface area (Å²) < 4.78 is 0. The molecule has 0 spiro atoms. The predicted octanol–water partition coefficient (Wildman–Crippen LogP) is 1.61. The van der Waals surface area contributed by atoms with Crippen molar-refractivity contribution in [1.29, 1.82) is 0 Å². The fourth-order valence-corrected chi connectivity index (χ4v) is 2.66. The van der Waals surface area contributed by atoms with Gasteiger partial charge in [0.1, 0.15) is 0 Å². The number of hydrogen-bond donors (Lipinski definition) is 1. The van der Waals surface area contributed by atoms with E-state index in [1.54, 1.807) is 0 Å². The summed E-state index contributed by atoms with van der Waals surface area (Å²) in [6.07, 6.45) is 7.02. The molecule has 0 amide bonds. The maximum atomic E-state index is 3.70. The van der Waals surface area contributed by atoms with E-state index >= 15 is 0 Å². The van der Waals surface area contributed by atoms with Crippen molar-refractivity contribution in [2.45, 2.75) is 51.1 Å². The lowest BCUT2D eigenvalue weighted by Crippen LogP contribution is -2.46. The van der Waals surface area contributed by atoms with E-state index in [0.29, 0.717) is 0 Å². The first-order chi connectivity index (χ1) is 6.34. The minimum absolute atomic E-state index is 0.751. The quantitative estimate of drug-likeness (QED) is 0.698. The molecule has 0 aromatic heterocycles. The molecule has 2 heteroatoms. The van der Waals surface area contributed by atoms with E-state index in [9.17, 15) is 0 Å². The maximum Gasteiger partial charge on any atom is 0.0197 e. The first-order valence-corrected chi connectivity index (χ1v) is 5.83. The molecule has 0 radical (unpaired) electrons. The summed E-state index contributed by atoms with van der Waals surface area (Å²) in [6.45, 7) is 6.29. The van der Waals surface area contributed by atoms with Gasteiger partial charge in [-0.1, -0.05) is 6.42 Å². The Bertz CT molecular complexity index is 152. The highest BCUT2D eigenvalue weighted by atomic mass is 15.2. The van der Waals surface area contributed by atoms with Crippen LogP contribution in [0.1, 0.15) is 39.0 Å². The Kier molecular flexibility index (Phi) is 3.23. The highest BCUT2D eigenvalue weighted by Crippen LogP contribution is 2.15. The van der Waals surface area contributed by atoms with Crippen LogP contribution in [0.15, 0.2) is 0 Å². The summed E-state index contributed by atoms with van der Waals surface area (Å²) in [5, 5.41) is 3.70. The lowest BCUT2D eigenvalue weighted by molar-refractivity contribution is 0.241. The molecule has 2 aliphatic rings. The molecule has 2 saturated heterocycles. The average Bonchev–Trinajstić information content (AvgIpc) is 2.57. The number of nitrogens with zero attached hydrogens (tertiary/aromatic N) is 1. The second-order valence-corrected chi connectivity index (χ2v) is 4.70. The summed E-state index contributed by atoms with van der Waals surface area (Å²) in [6, 6.07) is 1.53. The first kappa shape index (κ1) is 9.47. The molecule has 2 rings (SSSR count). The lowest BCUT2D eigenvalue weighted by Gasteiger charge is -2.31. The van der Waals surface area contributed by atoms with Gasteiger partial charge < -0.3 is 10.2 Å². The van der Waals surface area contributed by atoms with Crippen LogP contribution in [0.4, 0.5) is 0 Å². The van der Waals surface area contributed by atoms with Crippen LogP contribution in [-0.2, 0) is 0 Å². The Morgan fingerprint density at radius 3 is 2.62 bits per heavy atom. The van der Waals surface area contributed by atoms with Gasteiger partial charge in [0.25, 0.3) is 0 Å². The van der Waals surface area contributed by atoms with Gasteiger partial charge >= 0.3 is 0 Å². The van der Waals surface area contributed by atoms with Crippen LogP contribution in [-0.4, -0.2) is 36.6 Å². The van der Waals surface area contributed by atoms with Crippen molar-refractivity contribution in [3.63, 3.8) is 0 Å². The molecule has 2 fully saturated rings. The fourth-order valence-electron chi connectivity index (χ4n) is 2.66. The zero-order chi connectivity index (χ0) is 9.10. The van der Waals surface area contributed by atoms with E-state index < -0.39 is 0 Å². The van der Waals surface area contributed by atoms with Gasteiger partial charge in [-0.3, -0.25) is 0 Å². The van der Waals surface area contributed by atoms with E-state index in [-0.39, 0.29) is 0 Å². The number of nitrogens with one attached hydrogen (secondary N) is 1. The van der Waals surface area contributed by atoms with Crippen LogP contribution in [0.3, 0.4) is 0 Å². The standard InChI is InChI=1S/C11H22N2/c1-10-5-4-6-11(12-10)9-13-7-2-3-8-13/h10-12H,2-9H2,1H3. The number of hydrogen-bond acceptors (Lipinski definition) is 2. The Labute approximate surface area is 81.7 Å². The van der Waals surface area contributed by atoms with Crippen LogP contribution in [0.5, 0.6) is 0 Å². The van der Waals surface area contributed by atoms with E-state index in [4.69, 9.17) is 0 Å². The second-order valence-electron chi connectivity index (χ2n) is 4.70. The first-order valence-electron chi connectivity index (χ1n) is 5.83. The molecule has 1 N–H and O–H groups in total. The minimum Gasteiger partial charge on any atom is -0.310 e.